The zero-order valence-corrected chi connectivity index (χ0v) is 10.9. The van der Waals surface area contributed by atoms with Gasteiger partial charge in [0.25, 0.3) is 0 Å². The Labute approximate surface area is 121 Å². The van der Waals surface area contributed by atoms with Gasteiger partial charge in [0.05, 0.1) is 11.9 Å². The van der Waals surface area contributed by atoms with Gasteiger partial charge < -0.3 is 9.88 Å². The second-order valence-corrected chi connectivity index (χ2v) is 4.41. The van der Waals surface area contributed by atoms with Gasteiger partial charge in [-0.15, -0.1) is 0 Å². The average Bonchev–Trinajstić information content (AvgIpc) is 2.89. The monoisotopic (exact) mass is 319 g/mol. The van der Waals surface area contributed by atoms with Crippen LogP contribution < -0.4 is 5.32 Å². The Morgan fingerprint density at radius 1 is 1.27 bits per heavy atom. The summed E-state index contributed by atoms with van der Waals surface area (Å²) in [5, 5.41) is 1.60. The molecule has 1 aromatic heterocycles. The first-order valence-electron chi connectivity index (χ1n) is 6.04. The molecular weight excluding hydrogens is 309 g/mol. The fourth-order valence-electron chi connectivity index (χ4n) is 1.86. The molecule has 2 rings (SSSR count). The number of nitrogens with one attached hydrogen (secondary N) is 1. The number of aromatic nitrogens is 2. The summed E-state index contributed by atoms with van der Waals surface area (Å²) in [5.74, 6) is -3.82. The predicted molar refractivity (Wildman–Crippen MR) is 65.5 cm³/mol. The van der Waals surface area contributed by atoms with Crippen LogP contribution in [0.15, 0.2) is 36.9 Å². The Hall–Kier alpha value is -2.45. The van der Waals surface area contributed by atoms with E-state index in [1.807, 2.05) is 0 Å². The third kappa shape index (κ3) is 3.60. The first kappa shape index (κ1) is 15.9. The van der Waals surface area contributed by atoms with Gasteiger partial charge in [-0.1, -0.05) is 6.07 Å². The van der Waals surface area contributed by atoms with Gasteiger partial charge in [-0.25, -0.2) is 13.8 Å². The number of carbonyl (C=O) groups is 1. The molecule has 118 valence electrons. The maximum atomic E-state index is 13.6. The highest BCUT2D eigenvalue weighted by Gasteiger charge is 2.44. The molecule has 0 spiro atoms. The molecule has 1 amide bonds. The number of alkyl halides is 3. The lowest BCUT2D eigenvalue weighted by Gasteiger charge is -2.23. The molecule has 0 bridgehead atoms. The van der Waals surface area contributed by atoms with Gasteiger partial charge >= 0.3 is 6.18 Å². The van der Waals surface area contributed by atoms with E-state index in [0.29, 0.717) is 12.1 Å². The number of amides is 1. The summed E-state index contributed by atoms with van der Waals surface area (Å²) in [6.07, 6.45) is -1.11. The van der Waals surface area contributed by atoms with Crippen LogP contribution in [0.1, 0.15) is 11.6 Å². The summed E-state index contributed by atoms with van der Waals surface area (Å²) in [5.41, 5.74) is -1.24. The van der Waals surface area contributed by atoms with Crippen molar-refractivity contribution in [1.29, 1.82) is 0 Å². The topological polar surface area (TPSA) is 46.9 Å². The average molecular weight is 319 g/mol. The summed E-state index contributed by atoms with van der Waals surface area (Å²) >= 11 is 0. The largest absolute Gasteiger partial charge is 0.413 e. The van der Waals surface area contributed by atoms with Crippen molar-refractivity contribution >= 4 is 5.91 Å². The Morgan fingerprint density at radius 3 is 2.41 bits per heavy atom. The van der Waals surface area contributed by atoms with Crippen molar-refractivity contribution < 1.29 is 26.7 Å². The van der Waals surface area contributed by atoms with Gasteiger partial charge in [0.2, 0.25) is 5.91 Å². The van der Waals surface area contributed by atoms with E-state index in [4.69, 9.17) is 0 Å². The second kappa shape index (κ2) is 6.12. The zero-order chi connectivity index (χ0) is 16.3. The molecule has 1 heterocycles. The highest BCUT2D eigenvalue weighted by atomic mass is 19.4. The number of halogens is 5. The fourth-order valence-corrected chi connectivity index (χ4v) is 1.86. The molecule has 9 heteroatoms. The van der Waals surface area contributed by atoms with E-state index in [-0.39, 0.29) is 0 Å². The van der Waals surface area contributed by atoms with E-state index >= 15 is 0 Å². The van der Waals surface area contributed by atoms with Crippen LogP contribution in [0, 0.1) is 11.6 Å². The van der Waals surface area contributed by atoms with E-state index in [2.05, 4.69) is 4.98 Å². The number of hydrogen-bond donors (Lipinski definition) is 1. The molecule has 0 aliphatic carbocycles. The Balaban J connectivity index is 2.26. The van der Waals surface area contributed by atoms with Crippen LogP contribution in [0.2, 0.25) is 0 Å². The quantitative estimate of drug-likeness (QED) is 0.881. The summed E-state index contributed by atoms with van der Waals surface area (Å²) in [6.45, 7) is -0.456. The van der Waals surface area contributed by atoms with Crippen LogP contribution in [0.4, 0.5) is 22.0 Å². The summed E-state index contributed by atoms with van der Waals surface area (Å²) in [6, 6.07) is -0.447. The van der Waals surface area contributed by atoms with Crippen LogP contribution in [-0.2, 0) is 11.3 Å². The third-order valence-corrected chi connectivity index (χ3v) is 2.81. The van der Waals surface area contributed by atoms with E-state index in [1.54, 1.807) is 5.32 Å². The molecule has 0 radical (unpaired) electrons. The first-order chi connectivity index (χ1) is 10.3. The van der Waals surface area contributed by atoms with Gasteiger partial charge in [0.15, 0.2) is 6.04 Å². The first-order valence-corrected chi connectivity index (χ1v) is 6.04. The van der Waals surface area contributed by atoms with Crippen molar-refractivity contribution in [3.8, 4) is 0 Å². The maximum absolute atomic E-state index is 13.6. The number of hydrogen-bond acceptors (Lipinski definition) is 2. The number of benzene rings is 1. The zero-order valence-electron chi connectivity index (χ0n) is 10.9. The van der Waals surface area contributed by atoms with Gasteiger partial charge in [0.1, 0.15) is 18.2 Å². The molecule has 1 N–H and O–H groups in total. The van der Waals surface area contributed by atoms with Crippen molar-refractivity contribution in [2.75, 3.05) is 0 Å². The Kier molecular flexibility index (Phi) is 4.43. The van der Waals surface area contributed by atoms with Crippen LogP contribution in [0.3, 0.4) is 0 Å². The minimum Gasteiger partial charge on any atom is -0.339 e. The van der Waals surface area contributed by atoms with Crippen LogP contribution in [0.25, 0.3) is 0 Å². The lowest BCUT2D eigenvalue weighted by atomic mass is 10.0. The lowest BCUT2D eigenvalue weighted by Crippen LogP contribution is -2.40. The SMILES string of the molecule is O=C(Cn1ccnc1)NC(c1c(F)cccc1F)C(F)(F)F. The molecule has 0 saturated heterocycles. The Morgan fingerprint density at radius 2 is 1.91 bits per heavy atom. The maximum Gasteiger partial charge on any atom is 0.413 e. The summed E-state index contributed by atoms with van der Waals surface area (Å²) in [7, 11) is 0. The van der Waals surface area contributed by atoms with Crippen molar-refractivity contribution in [3.63, 3.8) is 0 Å². The summed E-state index contributed by atoms with van der Waals surface area (Å²) in [4.78, 5) is 15.3. The summed E-state index contributed by atoms with van der Waals surface area (Å²) < 4.78 is 67.4. The van der Waals surface area contributed by atoms with Crippen molar-refractivity contribution in [2.24, 2.45) is 0 Å². The smallest absolute Gasteiger partial charge is 0.339 e. The highest BCUT2D eigenvalue weighted by Crippen LogP contribution is 2.35. The molecular formula is C13H10F5N3O. The van der Waals surface area contributed by atoms with E-state index in [9.17, 15) is 26.7 Å². The molecule has 1 atom stereocenters. The highest BCUT2D eigenvalue weighted by molar-refractivity contribution is 5.76. The molecule has 0 fully saturated rings. The van der Waals surface area contributed by atoms with Gasteiger partial charge in [0, 0.05) is 12.4 Å². The standard InChI is InChI=1S/C13H10F5N3O/c14-8-2-1-3-9(15)11(8)12(13(16,17)18)20-10(22)6-21-5-4-19-7-21/h1-5,7,12H,6H2,(H,20,22). The number of rotatable bonds is 4. The molecule has 4 nitrogen and oxygen atoms in total. The lowest BCUT2D eigenvalue weighted by molar-refractivity contribution is -0.164. The van der Waals surface area contributed by atoms with Crippen molar-refractivity contribution in [1.82, 2.24) is 14.9 Å². The number of imidazole rings is 1. The van der Waals surface area contributed by atoms with E-state index < -0.39 is 41.9 Å². The number of nitrogens with zero attached hydrogens (tertiary/aromatic N) is 2. The minimum absolute atomic E-state index is 0.456. The third-order valence-electron chi connectivity index (χ3n) is 2.81. The van der Waals surface area contributed by atoms with Crippen LogP contribution in [0.5, 0.6) is 0 Å². The Bertz CT molecular complexity index is 634. The van der Waals surface area contributed by atoms with Gasteiger partial charge in [-0.05, 0) is 12.1 Å². The van der Waals surface area contributed by atoms with Gasteiger partial charge in [-0.3, -0.25) is 4.79 Å². The molecule has 22 heavy (non-hydrogen) atoms. The molecule has 0 aliphatic heterocycles. The molecule has 0 saturated carbocycles. The fraction of sp³-hybridized carbons (Fsp3) is 0.231. The van der Waals surface area contributed by atoms with Crippen molar-refractivity contribution in [2.45, 2.75) is 18.8 Å². The van der Waals surface area contributed by atoms with Gasteiger partial charge in [-0.2, -0.15) is 13.2 Å². The minimum atomic E-state index is -5.05. The molecule has 0 aliphatic rings. The predicted octanol–water partition coefficient (Wildman–Crippen LogP) is 2.58. The molecule has 1 aromatic carbocycles. The second-order valence-electron chi connectivity index (χ2n) is 4.41. The van der Waals surface area contributed by atoms with E-state index in [1.165, 1.54) is 23.3 Å². The van der Waals surface area contributed by atoms with Crippen LogP contribution >= 0.6 is 0 Å². The molecule has 2 aromatic rings. The van der Waals surface area contributed by atoms with E-state index in [0.717, 1.165) is 6.07 Å². The molecule has 1 unspecified atom stereocenters. The normalized spacial score (nSPS) is 13.0. The van der Waals surface area contributed by atoms with Crippen molar-refractivity contribution in [3.05, 3.63) is 54.1 Å². The number of carbonyl (C=O) groups excluding carboxylic acids is 1. The van der Waals surface area contributed by atoms with Crippen LogP contribution in [-0.4, -0.2) is 21.6 Å².